The lowest BCUT2D eigenvalue weighted by Crippen LogP contribution is -2.28. The highest BCUT2D eigenvalue weighted by molar-refractivity contribution is 6.00. The van der Waals surface area contributed by atoms with Crippen LogP contribution in [0.5, 0.6) is 0 Å². The Balaban J connectivity index is 1.74. The first-order chi connectivity index (χ1) is 17.7. The summed E-state index contributed by atoms with van der Waals surface area (Å²) < 4.78 is 16.3. The average Bonchev–Trinajstić information content (AvgIpc) is 2.86. The summed E-state index contributed by atoms with van der Waals surface area (Å²) in [6.45, 7) is 3.89. The number of fused-ring (bicyclic) bond motifs is 1. The number of aromatic nitrogens is 2. The second-order valence-corrected chi connectivity index (χ2v) is 8.65. The van der Waals surface area contributed by atoms with Gasteiger partial charge in [-0.15, -0.1) is 0 Å². The lowest BCUT2D eigenvalue weighted by molar-refractivity contribution is 0.230. The number of nitrogens with zero attached hydrogens (tertiary/aromatic N) is 3. The van der Waals surface area contributed by atoms with Crippen LogP contribution in [0.3, 0.4) is 0 Å². The topological polar surface area (TPSA) is 108 Å². The molecule has 2 heterocycles. The van der Waals surface area contributed by atoms with Gasteiger partial charge in [0.25, 0.3) is 5.56 Å². The summed E-state index contributed by atoms with van der Waals surface area (Å²) in [6, 6.07) is 13.9. The summed E-state index contributed by atoms with van der Waals surface area (Å²) in [5.41, 5.74) is 2.16. The molecule has 0 unspecified atom stereocenters. The van der Waals surface area contributed by atoms with Gasteiger partial charge in [-0.3, -0.25) is 10.1 Å². The van der Waals surface area contributed by atoms with Crippen LogP contribution in [0.15, 0.2) is 65.6 Å². The Kier molecular flexibility index (Phi) is 7.19. The number of aryl methyl sites for hydroxylation is 2. The molecule has 0 fully saturated rings. The number of rotatable bonds is 5. The second kappa shape index (κ2) is 10.5. The van der Waals surface area contributed by atoms with E-state index < -0.39 is 11.8 Å². The molecule has 0 aliphatic rings. The number of benzene rings is 2. The first-order valence-corrected chi connectivity index (χ1v) is 11.6. The molecule has 190 valence electrons. The minimum absolute atomic E-state index is 0.0588. The van der Waals surface area contributed by atoms with Crippen molar-refractivity contribution in [3.63, 3.8) is 0 Å². The fraction of sp³-hybridized carbons (Fsp3) is 0.185. The summed E-state index contributed by atoms with van der Waals surface area (Å²) in [5, 5.41) is 8.52. The van der Waals surface area contributed by atoms with Gasteiger partial charge in [0, 0.05) is 49.5 Å². The molecular weight excluding hydrogens is 475 g/mol. The number of amides is 4. The van der Waals surface area contributed by atoms with E-state index in [2.05, 4.69) is 20.9 Å². The van der Waals surface area contributed by atoms with Crippen molar-refractivity contribution < 1.29 is 14.0 Å². The summed E-state index contributed by atoms with van der Waals surface area (Å²) >= 11 is 0. The van der Waals surface area contributed by atoms with Gasteiger partial charge in [-0.25, -0.2) is 19.0 Å². The number of para-hydroxylation sites is 1. The normalized spacial score (nSPS) is 10.7. The monoisotopic (exact) mass is 502 g/mol. The smallest absolute Gasteiger partial charge is 0.323 e. The average molecular weight is 503 g/mol. The molecule has 10 heteroatoms. The molecule has 2 aromatic carbocycles. The molecule has 0 atom stereocenters. The fourth-order valence-corrected chi connectivity index (χ4v) is 3.93. The number of nitrogens with one attached hydrogen (secondary N) is 3. The van der Waals surface area contributed by atoms with Gasteiger partial charge in [0.2, 0.25) is 0 Å². The van der Waals surface area contributed by atoms with E-state index in [1.807, 2.05) is 13.0 Å². The van der Waals surface area contributed by atoms with Gasteiger partial charge in [-0.2, -0.15) is 0 Å². The molecule has 2 aromatic heterocycles. The summed E-state index contributed by atoms with van der Waals surface area (Å²) in [4.78, 5) is 43.7. The van der Waals surface area contributed by atoms with Crippen molar-refractivity contribution in [1.29, 1.82) is 0 Å². The molecule has 0 bridgehead atoms. The SMILES string of the molecule is CCn1c(=O)c(-c2cc(NC(=O)Nc3ccccc3)c(F)cc2C)cc2cnc(NC(=O)N(C)C)cc21. The minimum atomic E-state index is -0.621. The predicted octanol–water partition coefficient (Wildman–Crippen LogP) is 5.27. The van der Waals surface area contributed by atoms with Crippen molar-refractivity contribution in [2.45, 2.75) is 20.4 Å². The maximum atomic E-state index is 14.8. The van der Waals surface area contributed by atoms with Crippen LogP contribution in [-0.4, -0.2) is 40.6 Å². The van der Waals surface area contributed by atoms with E-state index in [0.29, 0.717) is 45.6 Å². The van der Waals surface area contributed by atoms with E-state index in [-0.39, 0.29) is 17.3 Å². The van der Waals surface area contributed by atoms with Crippen molar-refractivity contribution in [2.75, 3.05) is 30.0 Å². The van der Waals surface area contributed by atoms with Crippen LogP contribution in [0.1, 0.15) is 12.5 Å². The molecule has 4 amide bonds. The molecule has 0 spiro atoms. The molecule has 9 nitrogen and oxygen atoms in total. The Morgan fingerprint density at radius 1 is 1.00 bits per heavy atom. The summed E-state index contributed by atoms with van der Waals surface area (Å²) in [7, 11) is 3.23. The fourth-order valence-electron chi connectivity index (χ4n) is 3.93. The van der Waals surface area contributed by atoms with Crippen LogP contribution in [0.4, 0.5) is 31.2 Å². The number of hydrogen-bond donors (Lipinski definition) is 3. The number of hydrogen-bond acceptors (Lipinski definition) is 4. The lowest BCUT2D eigenvalue weighted by atomic mass is 9.99. The van der Waals surface area contributed by atoms with Gasteiger partial charge in [0.1, 0.15) is 11.6 Å². The highest BCUT2D eigenvalue weighted by Crippen LogP contribution is 2.29. The number of carbonyl (C=O) groups is 2. The number of pyridine rings is 2. The van der Waals surface area contributed by atoms with Crippen molar-refractivity contribution >= 4 is 40.2 Å². The zero-order valence-electron chi connectivity index (χ0n) is 20.9. The van der Waals surface area contributed by atoms with E-state index in [4.69, 9.17) is 0 Å². The van der Waals surface area contributed by atoms with E-state index in [9.17, 15) is 18.8 Å². The third-order valence-electron chi connectivity index (χ3n) is 5.82. The largest absolute Gasteiger partial charge is 0.331 e. The maximum absolute atomic E-state index is 14.8. The van der Waals surface area contributed by atoms with Crippen molar-refractivity contribution in [3.05, 3.63) is 82.5 Å². The van der Waals surface area contributed by atoms with Crippen molar-refractivity contribution in [1.82, 2.24) is 14.5 Å². The number of anilines is 3. The number of urea groups is 2. The third kappa shape index (κ3) is 5.43. The van der Waals surface area contributed by atoms with Gasteiger partial charge in [0.05, 0.1) is 11.2 Å². The molecule has 4 aromatic rings. The zero-order chi connectivity index (χ0) is 26.7. The Bertz CT molecular complexity index is 1550. The molecule has 0 saturated carbocycles. The van der Waals surface area contributed by atoms with Crippen LogP contribution in [0, 0.1) is 12.7 Å². The van der Waals surface area contributed by atoms with E-state index in [1.165, 1.54) is 17.0 Å². The summed E-state index contributed by atoms with van der Waals surface area (Å²) in [5.74, 6) is -0.307. The number of carbonyl (C=O) groups excluding carboxylic acids is 2. The first-order valence-electron chi connectivity index (χ1n) is 11.6. The van der Waals surface area contributed by atoms with Crippen LogP contribution < -0.4 is 21.5 Å². The second-order valence-electron chi connectivity index (χ2n) is 8.65. The maximum Gasteiger partial charge on any atom is 0.323 e. The highest BCUT2D eigenvalue weighted by Gasteiger charge is 2.17. The third-order valence-corrected chi connectivity index (χ3v) is 5.82. The molecule has 4 rings (SSSR count). The Labute approximate surface area is 212 Å². The molecule has 0 radical (unpaired) electrons. The van der Waals surface area contributed by atoms with Crippen molar-refractivity contribution in [3.8, 4) is 11.1 Å². The molecule has 0 aliphatic heterocycles. The van der Waals surface area contributed by atoms with Crippen LogP contribution in [-0.2, 0) is 6.54 Å². The van der Waals surface area contributed by atoms with Gasteiger partial charge in [-0.05, 0) is 55.3 Å². The van der Waals surface area contributed by atoms with Gasteiger partial charge < -0.3 is 20.1 Å². The Hall–Kier alpha value is -4.73. The highest BCUT2D eigenvalue weighted by atomic mass is 19.1. The molecule has 0 aliphatic carbocycles. The van der Waals surface area contributed by atoms with Crippen LogP contribution in [0.25, 0.3) is 22.0 Å². The van der Waals surface area contributed by atoms with Crippen LogP contribution >= 0.6 is 0 Å². The van der Waals surface area contributed by atoms with Gasteiger partial charge in [-0.1, -0.05) is 18.2 Å². The molecule has 37 heavy (non-hydrogen) atoms. The molecule has 3 N–H and O–H groups in total. The first kappa shape index (κ1) is 25.4. The predicted molar refractivity (Wildman–Crippen MR) is 144 cm³/mol. The quantitative estimate of drug-likeness (QED) is 0.346. The van der Waals surface area contributed by atoms with Crippen molar-refractivity contribution in [2.24, 2.45) is 0 Å². The van der Waals surface area contributed by atoms with Gasteiger partial charge >= 0.3 is 12.1 Å². The minimum Gasteiger partial charge on any atom is -0.331 e. The Morgan fingerprint density at radius 2 is 1.73 bits per heavy atom. The van der Waals surface area contributed by atoms with Gasteiger partial charge in [0.15, 0.2) is 0 Å². The molecular formula is C27H27FN6O3. The zero-order valence-corrected chi connectivity index (χ0v) is 20.9. The standard InChI is InChI=1S/C27H27FN6O3/c1-5-34-23-14-24(32-27(37)33(3)4)29-15-17(23)12-20(25(34)35)19-13-22(21(28)11-16(19)2)31-26(36)30-18-9-7-6-8-10-18/h6-15H,5H2,1-4H3,(H,29,32,37)(H2,30,31,36). The summed E-state index contributed by atoms with van der Waals surface area (Å²) in [6.07, 6.45) is 1.57. The number of halogens is 1. The van der Waals surface area contributed by atoms with E-state index >= 15 is 0 Å². The van der Waals surface area contributed by atoms with Crippen LogP contribution in [0.2, 0.25) is 0 Å². The lowest BCUT2D eigenvalue weighted by Gasteiger charge is -2.16. The molecule has 0 saturated heterocycles. The Morgan fingerprint density at radius 3 is 2.41 bits per heavy atom. The van der Waals surface area contributed by atoms with E-state index in [1.54, 1.807) is 68.2 Å². The van der Waals surface area contributed by atoms with E-state index in [0.717, 1.165) is 0 Å².